The van der Waals surface area contributed by atoms with Crippen molar-refractivity contribution < 1.29 is 0 Å². The lowest BCUT2D eigenvalue weighted by Crippen LogP contribution is -1.77. The van der Waals surface area contributed by atoms with Crippen molar-refractivity contribution >= 4 is 11.0 Å². The lowest BCUT2D eigenvalue weighted by atomic mass is 10.1. The molecule has 1 aliphatic rings. The van der Waals surface area contributed by atoms with Gasteiger partial charge in [0.15, 0.2) is 0 Å². The first-order valence-electron chi connectivity index (χ1n) is 3.53. The molecule has 0 nitrogen and oxygen atoms in total. The van der Waals surface area contributed by atoms with Crippen LogP contribution in [0.1, 0.15) is 17.5 Å². The van der Waals surface area contributed by atoms with Crippen molar-refractivity contribution in [3.05, 3.63) is 35.4 Å². The minimum Gasteiger partial charge on any atom is -0.0620 e. The van der Waals surface area contributed by atoms with Gasteiger partial charge < -0.3 is 0 Å². The zero-order valence-corrected chi connectivity index (χ0v) is 5.43. The van der Waals surface area contributed by atoms with Crippen molar-refractivity contribution in [1.82, 2.24) is 0 Å². The van der Waals surface area contributed by atoms with Gasteiger partial charge in [0.1, 0.15) is 0 Å². The number of hydrogen-bond acceptors (Lipinski definition) is 0. The number of aryl methyl sites for hydroxylation is 2. The van der Waals surface area contributed by atoms with E-state index >= 15 is 0 Å². The normalized spacial score (nSPS) is 14.0. The number of rotatable bonds is 0. The van der Waals surface area contributed by atoms with Crippen molar-refractivity contribution in [2.75, 3.05) is 0 Å². The Morgan fingerprint density at radius 1 is 0.900 bits per heavy atom. The Kier molecular flexibility index (Phi) is 2.28. The molecule has 54 valence electrons. The molecule has 0 N–H and O–H groups in total. The van der Waals surface area contributed by atoms with Crippen LogP contribution in [0, 0.1) is 0 Å². The highest BCUT2D eigenvalue weighted by Crippen LogP contribution is 2.20. The average Bonchev–Trinajstić information content (AvgIpc) is 2.33. The predicted octanol–water partition coefficient (Wildman–Crippen LogP) is 0.724. The summed E-state index contributed by atoms with van der Waals surface area (Å²) in [7, 11) is 0. The Hall–Kier alpha value is -0.563. The Bertz CT molecular complexity index is 195. The summed E-state index contributed by atoms with van der Waals surface area (Å²) in [5, 5.41) is 0. The van der Waals surface area contributed by atoms with E-state index in [0.29, 0.717) is 0 Å². The molecule has 0 fully saturated rings. The fourth-order valence-corrected chi connectivity index (χ4v) is 1.51. The Labute approximate surface area is 66.3 Å². The van der Waals surface area contributed by atoms with Gasteiger partial charge in [-0.05, 0) is 41.4 Å². The molecule has 0 aromatic heterocycles. The van der Waals surface area contributed by atoms with Crippen molar-refractivity contribution in [2.24, 2.45) is 0 Å². The Morgan fingerprint density at radius 3 is 1.90 bits per heavy atom. The molecule has 1 heteroatoms. The lowest BCUT2D eigenvalue weighted by Gasteiger charge is -1.93. The van der Waals surface area contributed by atoms with Gasteiger partial charge in [-0.25, -0.2) is 0 Å². The van der Waals surface area contributed by atoms with E-state index in [9.17, 15) is 0 Å². The molecule has 0 heterocycles. The molecule has 0 bridgehead atoms. The third-order valence-corrected chi connectivity index (χ3v) is 2.01. The van der Waals surface area contributed by atoms with Gasteiger partial charge in [0, 0.05) is 0 Å². The molecule has 1 aromatic carbocycles. The fraction of sp³-hybridized carbons (Fsp3) is 0.333. The van der Waals surface area contributed by atoms with E-state index in [-0.39, 0.29) is 11.0 Å². The fourth-order valence-electron chi connectivity index (χ4n) is 1.51. The summed E-state index contributed by atoms with van der Waals surface area (Å²) in [6.45, 7) is 0. The van der Waals surface area contributed by atoms with Gasteiger partial charge >= 0.3 is 0 Å². The van der Waals surface area contributed by atoms with Crippen LogP contribution in [0.4, 0.5) is 0 Å². The largest absolute Gasteiger partial charge is 0.0620 e. The molecule has 2 rings (SSSR count). The molecule has 1 aliphatic carbocycles. The maximum absolute atomic E-state index is 2.24. The number of benzene rings is 1. The molecule has 0 unspecified atom stereocenters. The summed E-state index contributed by atoms with van der Waals surface area (Å²) in [4.78, 5) is 0. The summed E-state index contributed by atoms with van der Waals surface area (Å²) >= 11 is 0. The first-order valence-corrected chi connectivity index (χ1v) is 3.53. The molecule has 0 atom stereocenters. The molecular formula is C9H14Si. The average molecular weight is 150 g/mol. The van der Waals surface area contributed by atoms with Crippen LogP contribution in [0.5, 0.6) is 0 Å². The van der Waals surface area contributed by atoms with Crippen LogP contribution in [0.15, 0.2) is 24.3 Å². The standard InChI is InChI=1S/C9H10.H4Si/c1-2-5-9-7-3-6-8(9)4-1;/h1-2,4-5H,3,6-7H2;1H4. The zero-order chi connectivity index (χ0) is 6.10. The van der Waals surface area contributed by atoms with E-state index in [2.05, 4.69) is 24.3 Å². The number of hydrogen-bond donors (Lipinski definition) is 0. The SMILES string of the molecule is [SiH4].c1ccc2c(c1)CCC2. The number of fused-ring (bicyclic) bond motifs is 1. The van der Waals surface area contributed by atoms with Crippen LogP contribution >= 0.6 is 0 Å². The highest BCUT2D eigenvalue weighted by atomic mass is 28.1. The molecule has 0 radical (unpaired) electrons. The third kappa shape index (κ3) is 1.14. The molecule has 10 heavy (non-hydrogen) atoms. The molecule has 0 saturated heterocycles. The second-order valence-electron chi connectivity index (χ2n) is 2.62. The monoisotopic (exact) mass is 150 g/mol. The van der Waals surface area contributed by atoms with Gasteiger partial charge in [0.05, 0.1) is 0 Å². The first kappa shape index (κ1) is 7.54. The van der Waals surface area contributed by atoms with Crippen molar-refractivity contribution in [1.29, 1.82) is 0 Å². The van der Waals surface area contributed by atoms with Crippen LogP contribution in [-0.4, -0.2) is 11.0 Å². The summed E-state index contributed by atoms with van der Waals surface area (Å²) in [5.74, 6) is 0. The lowest BCUT2D eigenvalue weighted by molar-refractivity contribution is 0.912. The van der Waals surface area contributed by atoms with Crippen LogP contribution in [-0.2, 0) is 12.8 Å². The van der Waals surface area contributed by atoms with Crippen molar-refractivity contribution in [3.8, 4) is 0 Å². The van der Waals surface area contributed by atoms with Crippen molar-refractivity contribution in [3.63, 3.8) is 0 Å². The molecule has 0 aliphatic heterocycles. The van der Waals surface area contributed by atoms with Crippen LogP contribution in [0.2, 0.25) is 0 Å². The molecule has 1 aromatic rings. The van der Waals surface area contributed by atoms with Gasteiger partial charge in [-0.15, -0.1) is 0 Å². The van der Waals surface area contributed by atoms with Crippen molar-refractivity contribution in [2.45, 2.75) is 19.3 Å². The summed E-state index contributed by atoms with van der Waals surface area (Å²) < 4.78 is 0. The molecule has 0 saturated carbocycles. The highest BCUT2D eigenvalue weighted by Gasteiger charge is 2.07. The predicted molar refractivity (Wildman–Crippen MR) is 49.8 cm³/mol. The summed E-state index contributed by atoms with van der Waals surface area (Å²) in [5.41, 5.74) is 3.13. The van der Waals surface area contributed by atoms with E-state index in [1.54, 1.807) is 11.1 Å². The Morgan fingerprint density at radius 2 is 1.40 bits per heavy atom. The van der Waals surface area contributed by atoms with E-state index < -0.39 is 0 Å². The van der Waals surface area contributed by atoms with Gasteiger partial charge in [0.2, 0.25) is 0 Å². The van der Waals surface area contributed by atoms with Crippen LogP contribution in [0.3, 0.4) is 0 Å². The van der Waals surface area contributed by atoms with Gasteiger partial charge in [-0.1, -0.05) is 24.3 Å². The van der Waals surface area contributed by atoms with Gasteiger partial charge in [0.25, 0.3) is 0 Å². The second-order valence-corrected chi connectivity index (χ2v) is 2.62. The van der Waals surface area contributed by atoms with E-state index in [1.165, 1.54) is 19.3 Å². The quantitative estimate of drug-likeness (QED) is 0.478. The summed E-state index contributed by atoms with van der Waals surface area (Å²) in [6.07, 6.45) is 3.96. The first-order chi connectivity index (χ1) is 4.47. The topological polar surface area (TPSA) is 0 Å². The van der Waals surface area contributed by atoms with Gasteiger partial charge in [-0.3, -0.25) is 0 Å². The van der Waals surface area contributed by atoms with Crippen LogP contribution in [0.25, 0.3) is 0 Å². The van der Waals surface area contributed by atoms with E-state index in [4.69, 9.17) is 0 Å². The zero-order valence-electron chi connectivity index (χ0n) is 5.43. The van der Waals surface area contributed by atoms with E-state index in [0.717, 1.165) is 0 Å². The smallest absolute Gasteiger partial charge is 0.0149 e. The maximum Gasteiger partial charge on any atom is -0.0149 e. The van der Waals surface area contributed by atoms with Gasteiger partial charge in [-0.2, -0.15) is 0 Å². The molecular weight excluding hydrogens is 136 g/mol. The minimum atomic E-state index is 0. The second kappa shape index (κ2) is 3.02. The minimum absolute atomic E-state index is 0. The summed E-state index contributed by atoms with van der Waals surface area (Å²) in [6, 6.07) is 8.74. The maximum atomic E-state index is 2.24. The van der Waals surface area contributed by atoms with E-state index in [1.807, 2.05) is 0 Å². The molecule has 0 spiro atoms. The Balaban J connectivity index is 0.000000500. The highest BCUT2D eigenvalue weighted by molar-refractivity contribution is 5.75. The van der Waals surface area contributed by atoms with Crippen LogP contribution < -0.4 is 0 Å². The third-order valence-electron chi connectivity index (χ3n) is 2.01. The molecule has 0 amide bonds.